The Balaban J connectivity index is 1.45. The number of rotatable bonds is 5. The summed E-state index contributed by atoms with van der Waals surface area (Å²) in [7, 11) is 1.92. The predicted molar refractivity (Wildman–Crippen MR) is 114 cm³/mol. The highest BCUT2D eigenvalue weighted by atomic mass is 16.1. The number of fused-ring (bicyclic) bond motifs is 1. The van der Waals surface area contributed by atoms with Crippen LogP contribution in [0.2, 0.25) is 0 Å². The zero-order chi connectivity index (χ0) is 20.4. The van der Waals surface area contributed by atoms with E-state index >= 15 is 0 Å². The van der Waals surface area contributed by atoms with Gasteiger partial charge in [-0.2, -0.15) is 0 Å². The Hall–Kier alpha value is -2.80. The maximum Gasteiger partial charge on any atom is 0.228 e. The van der Waals surface area contributed by atoms with Gasteiger partial charge in [0.05, 0.1) is 0 Å². The molecule has 1 aromatic carbocycles. The predicted octanol–water partition coefficient (Wildman–Crippen LogP) is 3.34. The maximum absolute atomic E-state index is 12.7. The molecule has 1 N–H and O–H groups in total. The summed E-state index contributed by atoms with van der Waals surface area (Å²) < 4.78 is 1.89. The van der Waals surface area contributed by atoms with Gasteiger partial charge in [0.1, 0.15) is 12.1 Å². The van der Waals surface area contributed by atoms with Crippen molar-refractivity contribution in [2.24, 2.45) is 18.9 Å². The molecule has 152 valence electrons. The normalized spacial score (nSPS) is 15.9. The van der Waals surface area contributed by atoms with Crippen LogP contribution in [0.15, 0.2) is 36.8 Å². The first kappa shape index (κ1) is 19.5. The van der Waals surface area contributed by atoms with Gasteiger partial charge in [-0.3, -0.25) is 4.79 Å². The van der Waals surface area contributed by atoms with Crippen LogP contribution in [-0.2, 0) is 11.8 Å². The van der Waals surface area contributed by atoms with E-state index in [-0.39, 0.29) is 11.8 Å². The molecule has 1 aliphatic rings. The van der Waals surface area contributed by atoms with Crippen molar-refractivity contribution in [3.05, 3.63) is 36.8 Å². The van der Waals surface area contributed by atoms with E-state index in [1.807, 2.05) is 29.8 Å². The minimum absolute atomic E-state index is 0.0564. The number of anilines is 1. The van der Waals surface area contributed by atoms with Crippen LogP contribution in [0.5, 0.6) is 0 Å². The summed E-state index contributed by atoms with van der Waals surface area (Å²) in [4.78, 5) is 19.6. The van der Waals surface area contributed by atoms with Crippen LogP contribution in [0.3, 0.4) is 0 Å². The Labute approximate surface area is 171 Å². The fourth-order valence-corrected chi connectivity index (χ4v) is 4.02. The maximum atomic E-state index is 12.7. The number of pyridine rings is 1. The van der Waals surface area contributed by atoms with Crippen molar-refractivity contribution in [2.45, 2.75) is 26.7 Å². The fraction of sp³-hybridized carbons (Fsp3) is 0.455. The molecule has 0 radical (unpaired) electrons. The van der Waals surface area contributed by atoms with Gasteiger partial charge < -0.3 is 14.8 Å². The minimum Gasteiger partial charge on any atom is -0.317 e. The van der Waals surface area contributed by atoms with Crippen LogP contribution in [0.25, 0.3) is 22.2 Å². The lowest BCUT2D eigenvalue weighted by atomic mass is 9.95. The Bertz CT molecular complexity index is 1000. The summed E-state index contributed by atoms with van der Waals surface area (Å²) >= 11 is 0. The van der Waals surface area contributed by atoms with Crippen molar-refractivity contribution in [1.82, 2.24) is 24.6 Å². The third kappa shape index (κ3) is 4.45. The second-order valence-electron chi connectivity index (χ2n) is 8.35. The van der Waals surface area contributed by atoms with Crippen LogP contribution in [-0.4, -0.2) is 50.2 Å². The lowest BCUT2D eigenvalue weighted by Gasteiger charge is -2.32. The molecule has 0 saturated carbocycles. The summed E-state index contributed by atoms with van der Waals surface area (Å²) in [5.74, 6) is 2.20. The third-order valence-corrected chi connectivity index (χ3v) is 5.52. The molecule has 1 aliphatic heterocycles. The number of piperidine rings is 1. The number of likely N-dealkylation sites (tertiary alicyclic amines) is 1. The molecule has 0 unspecified atom stereocenters. The van der Waals surface area contributed by atoms with Crippen LogP contribution in [0, 0.1) is 11.8 Å². The number of carbonyl (C=O) groups excluding carboxylic acids is 1. The van der Waals surface area contributed by atoms with Crippen molar-refractivity contribution in [3.8, 4) is 11.4 Å². The van der Waals surface area contributed by atoms with Crippen molar-refractivity contribution in [2.75, 3.05) is 25.0 Å². The van der Waals surface area contributed by atoms with Crippen molar-refractivity contribution in [1.29, 1.82) is 0 Å². The molecule has 4 rings (SSSR count). The average molecular weight is 393 g/mol. The molecular weight excluding hydrogens is 364 g/mol. The average Bonchev–Trinajstić information content (AvgIpc) is 3.13. The molecule has 0 atom stereocenters. The van der Waals surface area contributed by atoms with E-state index in [0.29, 0.717) is 11.7 Å². The second-order valence-corrected chi connectivity index (χ2v) is 8.35. The molecule has 7 nitrogen and oxygen atoms in total. The first-order valence-corrected chi connectivity index (χ1v) is 10.3. The van der Waals surface area contributed by atoms with Gasteiger partial charge >= 0.3 is 0 Å². The number of aryl methyl sites for hydroxylation is 1. The Morgan fingerprint density at radius 2 is 2.00 bits per heavy atom. The summed E-state index contributed by atoms with van der Waals surface area (Å²) in [5.41, 5.74) is 0.985. The number of nitrogens with zero attached hydrogens (tertiary/aromatic N) is 5. The van der Waals surface area contributed by atoms with E-state index in [1.54, 1.807) is 12.5 Å². The number of amides is 1. The SMILES string of the molecule is CC(C)CN1CCC(C(=O)Nc2cc3cc(-c4nncn4C)ccc3cn2)CC1. The van der Waals surface area contributed by atoms with E-state index in [9.17, 15) is 4.79 Å². The molecule has 2 aromatic heterocycles. The Morgan fingerprint density at radius 1 is 1.21 bits per heavy atom. The molecular formula is C22H28N6O. The van der Waals surface area contributed by atoms with Crippen LogP contribution in [0.4, 0.5) is 5.82 Å². The fourth-order valence-electron chi connectivity index (χ4n) is 4.02. The minimum atomic E-state index is 0.0564. The van der Waals surface area contributed by atoms with Crippen molar-refractivity contribution in [3.63, 3.8) is 0 Å². The van der Waals surface area contributed by atoms with E-state index in [0.717, 1.165) is 54.6 Å². The highest BCUT2D eigenvalue weighted by Gasteiger charge is 2.25. The van der Waals surface area contributed by atoms with Gasteiger partial charge in [-0.15, -0.1) is 10.2 Å². The highest BCUT2D eigenvalue weighted by Crippen LogP contribution is 2.25. The lowest BCUT2D eigenvalue weighted by molar-refractivity contribution is -0.121. The number of hydrogen-bond donors (Lipinski definition) is 1. The molecule has 7 heteroatoms. The Morgan fingerprint density at radius 3 is 2.69 bits per heavy atom. The van der Waals surface area contributed by atoms with Gasteiger partial charge in [-0.25, -0.2) is 4.98 Å². The van der Waals surface area contributed by atoms with Gasteiger partial charge in [-0.05, 0) is 49.4 Å². The molecule has 1 saturated heterocycles. The number of carbonyl (C=O) groups is 1. The quantitative estimate of drug-likeness (QED) is 0.721. The van der Waals surface area contributed by atoms with E-state index < -0.39 is 0 Å². The topological polar surface area (TPSA) is 75.9 Å². The molecule has 0 spiro atoms. The van der Waals surface area contributed by atoms with E-state index in [2.05, 4.69) is 45.3 Å². The molecule has 3 heterocycles. The van der Waals surface area contributed by atoms with Gasteiger partial charge in [-0.1, -0.05) is 26.0 Å². The van der Waals surface area contributed by atoms with Crippen LogP contribution >= 0.6 is 0 Å². The molecule has 1 fully saturated rings. The largest absolute Gasteiger partial charge is 0.317 e. The van der Waals surface area contributed by atoms with Gasteiger partial charge in [0.15, 0.2) is 5.82 Å². The molecule has 29 heavy (non-hydrogen) atoms. The number of nitrogens with one attached hydrogen (secondary N) is 1. The van der Waals surface area contributed by atoms with Crippen molar-refractivity contribution < 1.29 is 4.79 Å². The van der Waals surface area contributed by atoms with E-state index in [1.165, 1.54) is 0 Å². The highest BCUT2D eigenvalue weighted by molar-refractivity contribution is 5.94. The standard InChI is InChI=1S/C22H28N6O/c1-15(2)13-28-8-6-16(7-9-28)22(29)25-20-11-19-10-17(4-5-18(19)12-23-20)21-26-24-14-27(21)3/h4-5,10-12,14-16H,6-9,13H2,1-3H3,(H,23,25,29). The van der Waals surface area contributed by atoms with Crippen LogP contribution < -0.4 is 5.32 Å². The smallest absolute Gasteiger partial charge is 0.228 e. The first-order valence-electron chi connectivity index (χ1n) is 10.3. The molecule has 0 aliphatic carbocycles. The number of benzene rings is 1. The van der Waals surface area contributed by atoms with E-state index in [4.69, 9.17) is 0 Å². The molecule has 0 bridgehead atoms. The van der Waals surface area contributed by atoms with Gasteiger partial charge in [0.2, 0.25) is 5.91 Å². The summed E-state index contributed by atoms with van der Waals surface area (Å²) in [5, 5.41) is 13.2. The zero-order valence-electron chi connectivity index (χ0n) is 17.3. The Kier molecular flexibility index (Phi) is 5.58. The first-order chi connectivity index (χ1) is 14.0. The summed E-state index contributed by atoms with van der Waals surface area (Å²) in [6, 6.07) is 8.02. The molecule has 3 aromatic rings. The number of hydrogen-bond acceptors (Lipinski definition) is 5. The summed E-state index contributed by atoms with van der Waals surface area (Å²) in [6.07, 6.45) is 5.30. The second kappa shape index (κ2) is 8.29. The van der Waals surface area contributed by atoms with Gasteiger partial charge in [0.25, 0.3) is 0 Å². The van der Waals surface area contributed by atoms with Gasteiger partial charge in [0, 0.05) is 36.7 Å². The monoisotopic (exact) mass is 392 g/mol. The zero-order valence-corrected chi connectivity index (χ0v) is 17.3. The number of aromatic nitrogens is 4. The lowest BCUT2D eigenvalue weighted by Crippen LogP contribution is -2.39. The van der Waals surface area contributed by atoms with Crippen LogP contribution in [0.1, 0.15) is 26.7 Å². The summed E-state index contributed by atoms with van der Waals surface area (Å²) in [6.45, 7) is 7.55. The third-order valence-electron chi connectivity index (χ3n) is 5.52. The molecule has 1 amide bonds. The van der Waals surface area contributed by atoms with Crippen molar-refractivity contribution >= 4 is 22.5 Å².